The SMILES string of the molecule is COC(C)(C)C(=O)OC1CCCC1. The summed E-state index contributed by atoms with van der Waals surface area (Å²) in [5.41, 5.74) is -0.803. The van der Waals surface area contributed by atoms with Gasteiger partial charge in [0.15, 0.2) is 5.60 Å². The quantitative estimate of drug-likeness (QED) is 0.631. The highest BCUT2D eigenvalue weighted by molar-refractivity contribution is 5.78. The van der Waals surface area contributed by atoms with Crippen molar-refractivity contribution in [3.63, 3.8) is 0 Å². The topological polar surface area (TPSA) is 35.5 Å². The first-order valence-electron chi connectivity index (χ1n) is 4.82. The minimum atomic E-state index is -0.803. The molecule has 0 spiro atoms. The van der Waals surface area contributed by atoms with Gasteiger partial charge in [0.05, 0.1) is 0 Å². The van der Waals surface area contributed by atoms with Crippen molar-refractivity contribution in [2.45, 2.75) is 51.2 Å². The Balaban J connectivity index is 2.39. The van der Waals surface area contributed by atoms with Gasteiger partial charge in [-0.1, -0.05) is 0 Å². The Morgan fingerprint density at radius 2 is 1.85 bits per heavy atom. The van der Waals surface area contributed by atoms with Crippen molar-refractivity contribution in [1.82, 2.24) is 0 Å². The summed E-state index contributed by atoms with van der Waals surface area (Å²) < 4.78 is 10.3. The van der Waals surface area contributed by atoms with E-state index in [0.29, 0.717) is 0 Å². The van der Waals surface area contributed by atoms with Gasteiger partial charge in [-0.25, -0.2) is 4.79 Å². The molecule has 1 saturated carbocycles. The van der Waals surface area contributed by atoms with E-state index in [1.54, 1.807) is 13.8 Å². The van der Waals surface area contributed by atoms with E-state index in [1.165, 1.54) is 20.0 Å². The highest BCUT2D eigenvalue weighted by Gasteiger charge is 2.31. The number of methoxy groups -OCH3 is 1. The number of esters is 1. The van der Waals surface area contributed by atoms with E-state index >= 15 is 0 Å². The summed E-state index contributed by atoms with van der Waals surface area (Å²) in [4.78, 5) is 11.5. The molecule has 13 heavy (non-hydrogen) atoms. The molecule has 3 nitrogen and oxygen atoms in total. The fourth-order valence-corrected chi connectivity index (χ4v) is 1.38. The molecule has 1 aliphatic rings. The van der Waals surface area contributed by atoms with Crippen LogP contribution < -0.4 is 0 Å². The third-order valence-electron chi connectivity index (χ3n) is 2.58. The molecule has 1 aliphatic carbocycles. The van der Waals surface area contributed by atoms with E-state index in [4.69, 9.17) is 9.47 Å². The van der Waals surface area contributed by atoms with Gasteiger partial charge in [0, 0.05) is 7.11 Å². The average Bonchev–Trinajstić information content (AvgIpc) is 2.57. The highest BCUT2D eigenvalue weighted by Crippen LogP contribution is 2.23. The lowest BCUT2D eigenvalue weighted by Gasteiger charge is -2.23. The minimum Gasteiger partial charge on any atom is -0.460 e. The van der Waals surface area contributed by atoms with Crippen LogP contribution in [0.5, 0.6) is 0 Å². The second-order valence-corrected chi connectivity index (χ2v) is 4.03. The van der Waals surface area contributed by atoms with Crippen LogP contribution in [0.15, 0.2) is 0 Å². The van der Waals surface area contributed by atoms with Crippen molar-refractivity contribution >= 4 is 5.97 Å². The number of hydrogen-bond donors (Lipinski definition) is 0. The smallest absolute Gasteiger partial charge is 0.338 e. The summed E-state index contributed by atoms with van der Waals surface area (Å²) >= 11 is 0. The molecule has 0 N–H and O–H groups in total. The zero-order valence-electron chi connectivity index (χ0n) is 8.63. The zero-order chi connectivity index (χ0) is 9.90. The van der Waals surface area contributed by atoms with Crippen LogP contribution in [-0.2, 0) is 14.3 Å². The molecule has 1 rings (SSSR count). The number of carbonyl (C=O) groups is 1. The summed E-state index contributed by atoms with van der Waals surface area (Å²) in [5, 5.41) is 0. The van der Waals surface area contributed by atoms with Crippen molar-refractivity contribution in [2.24, 2.45) is 0 Å². The average molecular weight is 186 g/mol. The Kier molecular flexibility index (Phi) is 3.31. The monoisotopic (exact) mass is 186 g/mol. The Labute approximate surface area is 79.4 Å². The van der Waals surface area contributed by atoms with Crippen LogP contribution in [0, 0.1) is 0 Å². The molecule has 0 radical (unpaired) electrons. The van der Waals surface area contributed by atoms with Crippen LogP contribution in [0.2, 0.25) is 0 Å². The normalized spacial score (nSPS) is 19.0. The molecule has 76 valence electrons. The van der Waals surface area contributed by atoms with Gasteiger partial charge < -0.3 is 9.47 Å². The maximum Gasteiger partial charge on any atom is 0.338 e. The van der Waals surface area contributed by atoms with Gasteiger partial charge in [0.25, 0.3) is 0 Å². The number of hydrogen-bond acceptors (Lipinski definition) is 3. The van der Waals surface area contributed by atoms with Crippen molar-refractivity contribution < 1.29 is 14.3 Å². The largest absolute Gasteiger partial charge is 0.460 e. The van der Waals surface area contributed by atoms with Gasteiger partial charge in [-0.2, -0.15) is 0 Å². The van der Waals surface area contributed by atoms with Crippen LogP contribution in [-0.4, -0.2) is 24.8 Å². The van der Waals surface area contributed by atoms with E-state index in [9.17, 15) is 4.79 Å². The fraction of sp³-hybridized carbons (Fsp3) is 0.900. The molecule has 0 saturated heterocycles. The summed E-state index contributed by atoms with van der Waals surface area (Å²) in [6.07, 6.45) is 4.48. The van der Waals surface area contributed by atoms with Crippen molar-refractivity contribution in [3.8, 4) is 0 Å². The molecule has 0 unspecified atom stereocenters. The molecular weight excluding hydrogens is 168 g/mol. The van der Waals surface area contributed by atoms with E-state index < -0.39 is 5.60 Å². The predicted octanol–water partition coefficient (Wildman–Crippen LogP) is 1.90. The van der Waals surface area contributed by atoms with Crippen LogP contribution in [0.4, 0.5) is 0 Å². The Morgan fingerprint density at radius 3 is 2.31 bits per heavy atom. The van der Waals surface area contributed by atoms with Gasteiger partial charge >= 0.3 is 5.97 Å². The molecule has 0 aromatic heterocycles. The van der Waals surface area contributed by atoms with E-state index in [-0.39, 0.29) is 12.1 Å². The lowest BCUT2D eigenvalue weighted by atomic mass is 10.1. The first-order chi connectivity index (χ1) is 6.06. The molecule has 0 aromatic carbocycles. The lowest BCUT2D eigenvalue weighted by molar-refractivity contribution is -0.170. The second kappa shape index (κ2) is 4.09. The Morgan fingerprint density at radius 1 is 1.31 bits per heavy atom. The summed E-state index contributed by atoms with van der Waals surface area (Å²) in [6, 6.07) is 0. The third kappa shape index (κ3) is 2.69. The standard InChI is InChI=1S/C10H18O3/c1-10(2,12-3)9(11)13-8-6-4-5-7-8/h8H,4-7H2,1-3H3. The van der Waals surface area contributed by atoms with Gasteiger partial charge in [0.1, 0.15) is 6.10 Å². The second-order valence-electron chi connectivity index (χ2n) is 4.03. The van der Waals surface area contributed by atoms with Crippen molar-refractivity contribution in [3.05, 3.63) is 0 Å². The molecule has 1 fully saturated rings. The maximum absolute atomic E-state index is 11.5. The fourth-order valence-electron chi connectivity index (χ4n) is 1.38. The van der Waals surface area contributed by atoms with Crippen LogP contribution in [0.3, 0.4) is 0 Å². The molecule has 0 aromatic rings. The van der Waals surface area contributed by atoms with E-state index in [1.807, 2.05) is 0 Å². The molecule has 0 amide bonds. The molecule has 0 bridgehead atoms. The summed E-state index contributed by atoms with van der Waals surface area (Å²) in [5.74, 6) is -0.248. The highest BCUT2D eigenvalue weighted by atomic mass is 16.6. The molecule has 3 heteroatoms. The van der Waals surface area contributed by atoms with Gasteiger partial charge in [-0.3, -0.25) is 0 Å². The number of carbonyl (C=O) groups excluding carboxylic acids is 1. The lowest BCUT2D eigenvalue weighted by Crippen LogP contribution is -2.37. The first-order valence-corrected chi connectivity index (χ1v) is 4.82. The van der Waals surface area contributed by atoms with E-state index in [0.717, 1.165) is 12.8 Å². The Bertz CT molecular complexity index is 181. The third-order valence-corrected chi connectivity index (χ3v) is 2.58. The predicted molar refractivity (Wildman–Crippen MR) is 49.4 cm³/mol. The van der Waals surface area contributed by atoms with Crippen LogP contribution in [0.1, 0.15) is 39.5 Å². The maximum atomic E-state index is 11.5. The van der Waals surface area contributed by atoms with Crippen molar-refractivity contribution in [1.29, 1.82) is 0 Å². The zero-order valence-corrected chi connectivity index (χ0v) is 8.63. The van der Waals surface area contributed by atoms with Gasteiger partial charge in [0.2, 0.25) is 0 Å². The number of rotatable bonds is 3. The summed E-state index contributed by atoms with van der Waals surface area (Å²) in [7, 11) is 1.52. The van der Waals surface area contributed by atoms with Crippen LogP contribution >= 0.6 is 0 Å². The van der Waals surface area contributed by atoms with Crippen LogP contribution in [0.25, 0.3) is 0 Å². The first kappa shape index (κ1) is 10.5. The minimum absolute atomic E-state index is 0.127. The molecule has 0 atom stereocenters. The molecular formula is C10H18O3. The molecule has 0 heterocycles. The van der Waals surface area contributed by atoms with Gasteiger partial charge in [-0.05, 0) is 39.5 Å². The number of ether oxygens (including phenoxy) is 2. The Hall–Kier alpha value is -0.570. The van der Waals surface area contributed by atoms with Gasteiger partial charge in [-0.15, -0.1) is 0 Å². The summed E-state index contributed by atoms with van der Waals surface area (Å²) in [6.45, 7) is 3.45. The van der Waals surface area contributed by atoms with E-state index in [2.05, 4.69) is 0 Å². The van der Waals surface area contributed by atoms with Crippen molar-refractivity contribution in [2.75, 3.05) is 7.11 Å². The molecule has 0 aliphatic heterocycles.